The van der Waals surface area contributed by atoms with Crippen LogP contribution in [0.4, 0.5) is 0 Å². The van der Waals surface area contributed by atoms with Crippen LogP contribution in [0.2, 0.25) is 0 Å². The molecular formula is C17H21NO3. The summed E-state index contributed by atoms with van der Waals surface area (Å²) in [5, 5.41) is 22.3. The monoisotopic (exact) mass is 287 g/mol. The lowest BCUT2D eigenvalue weighted by Crippen LogP contribution is -2.31. The molecule has 2 aromatic rings. The van der Waals surface area contributed by atoms with E-state index >= 15 is 0 Å². The fourth-order valence-electron chi connectivity index (χ4n) is 1.96. The molecule has 21 heavy (non-hydrogen) atoms. The molecule has 112 valence electrons. The van der Waals surface area contributed by atoms with E-state index in [1.807, 2.05) is 43.3 Å². The number of aliphatic hydroxyl groups is 1. The summed E-state index contributed by atoms with van der Waals surface area (Å²) in [6.07, 6.45) is -0.568. The average molecular weight is 287 g/mol. The Hall–Kier alpha value is -2.04. The molecule has 0 aliphatic carbocycles. The van der Waals surface area contributed by atoms with Gasteiger partial charge in [0.05, 0.1) is 0 Å². The molecule has 0 saturated carbocycles. The van der Waals surface area contributed by atoms with Gasteiger partial charge in [-0.05, 0) is 36.2 Å². The van der Waals surface area contributed by atoms with Gasteiger partial charge in [-0.2, -0.15) is 0 Å². The normalized spacial score (nSPS) is 12.1. The van der Waals surface area contributed by atoms with Crippen molar-refractivity contribution in [2.24, 2.45) is 0 Å². The zero-order valence-electron chi connectivity index (χ0n) is 12.1. The van der Waals surface area contributed by atoms with E-state index in [9.17, 15) is 10.2 Å². The van der Waals surface area contributed by atoms with Crippen molar-refractivity contribution in [1.82, 2.24) is 5.32 Å². The van der Waals surface area contributed by atoms with Crippen molar-refractivity contribution in [2.75, 3.05) is 13.2 Å². The van der Waals surface area contributed by atoms with Crippen LogP contribution in [0.5, 0.6) is 11.5 Å². The topological polar surface area (TPSA) is 61.7 Å². The van der Waals surface area contributed by atoms with E-state index in [2.05, 4.69) is 5.32 Å². The number of phenols is 1. The molecule has 0 bridgehead atoms. The predicted octanol–water partition coefficient (Wildman–Crippen LogP) is 2.23. The van der Waals surface area contributed by atoms with Crippen LogP contribution in [0.15, 0.2) is 48.5 Å². The highest BCUT2D eigenvalue weighted by Crippen LogP contribution is 2.16. The van der Waals surface area contributed by atoms with Gasteiger partial charge in [0.15, 0.2) is 0 Å². The molecule has 1 unspecified atom stereocenters. The number of para-hydroxylation sites is 1. The highest BCUT2D eigenvalue weighted by atomic mass is 16.5. The van der Waals surface area contributed by atoms with Crippen molar-refractivity contribution >= 4 is 0 Å². The van der Waals surface area contributed by atoms with Crippen molar-refractivity contribution in [3.63, 3.8) is 0 Å². The van der Waals surface area contributed by atoms with Crippen LogP contribution in [0.1, 0.15) is 11.1 Å². The number of hydrogen-bond acceptors (Lipinski definition) is 4. The first-order valence-corrected chi connectivity index (χ1v) is 7.00. The van der Waals surface area contributed by atoms with Gasteiger partial charge in [-0.25, -0.2) is 0 Å². The van der Waals surface area contributed by atoms with Crippen LogP contribution in [0.25, 0.3) is 0 Å². The summed E-state index contributed by atoms with van der Waals surface area (Å²) in [5.41, 5.74) is 2.11. The highest BCUT2D eigenvalue weighted by Gasteiger charge is 2.06. The van der Waals surface area contributed by atoms with Gasteiger partial charge in [-0.1, -0.05) is 30.3 Å². The van der Waals surface area contributed by atoms with Crippen LogP contribution in [-0.2, 0) is 6.54 Å². The minimum Gasteiger partial charge on any atom is -0.508 e. The number of aryl methyl sites for hydroxylation is 1. The molecule has 0 amide bonds. The van der Waals surface area contributed by atoms with Gasteiger partial charge < -0.3 is 20.3 Å². The smallest absolute Gasteiger partial charge is 0.122 e. The first-order valence-electron chi connectivity index (χ1n) is 7.00. The molecule has 0 spiro atoms. The Morgan fingerprint density at radius 1 is 1.10 bits per heavy atom. The van der Waals surface area contributed by atoms with Gasteiger partial charge in [0.25, 0.3) is 0 Å². The van der Waals surface area contributed by atoms with Crippen LogP contribution in [0.3, 0.4) is 0 Å². The largest absolute Gasteiger partial charge is 0.508 e. The third-order valence-corrected chi connectivity index (χ3v) is 3.17. The minimum absolute atomic E-state index is 0.255. The molecule has 4 heteroatoms. The maximum atomic E-state index is 9.90. The molecule has 0 aromatic heterocycles. The lowest BCUT2D eigenvalue weighted by atomic mass is 10.2. The number of ether oxygens (including phenoxy) is 1. The molecule has 0 saturated heterocycles. The number of aliphatic hydroxyl groups excluding tert-OH is 1. The van der Waals surface area contributed by atoms with Crippen LogP contribution in [0, 0.1) is 6.92 Å². The zero-order valence-corrected chi connectivity index (χ0v) is 12.1. The summed E-state index contributed by atoms with van der Waals surface area (Å²) in [6, 6.07) is 14.7. The molecule has 1 atom stereocenters. The number of hydrogen-bond donors (Lipinski definition) is 3. The van der Waals surface area contributed by atoms with Gasteiger partial charge in [0, 0.05) is 13.1 Å². The quantitative estimate of drug-likeness (QED) is 0.731. The molecule has 0 radical (unpaired) electrons. The van der Waals surface area contributed by atoms with E-state index in [4.69, 9.17) is 4.74 Å². The molecule has 0 aliphatic heterocycles. The molecular weight excluding hydrogens is 266 g/mol. The summed E-state index contributed by atoms with van der Waals surface area (Å²) < 4.78 is 5.59. The Kier molecular flexibility index (Phi) is 5.60. The van der Waals surface area contributed by atoms with E-state index in [0.29, 0.717) is 13.1 Å². The molecule has 2 aromatic carbocycles. The van der Waals surface area contributed by atoms with E-state index in [0.717, 1.165) is 16.9 Å². The van der Waals surface area contributed by atoms with E-state index in [1.54, 1.807) is 12.1 Å². The number of phenolic OH excluding ortho intramolecular Hbond substituents is 1. The number of nitrogens with one attached hydrogen (secondary N) is 1. The molecule has 0 heterocycles. The Labute approximate surface area is 125 Å². The molecule has 2 rings (SSSR count). The van der Waals surface area contributed by atoms with E-state index in [-0.39, 0.29) is 12.4 Å². The standard InChI is InChI=1S/C17H21NO3/c1-13-4-2-3-5-17(13)21-12-16(20)11-18-10-14-6-8-15(19)9-7-14/h2-9,16,18-20H,10-12H2,1H3. The Balaban J connectivity index is 1.69. The fourth-order valence-corrected chi connectivity index (χ4v) is 1.96. The number of rotatable bonds is 7. The minimum atomic E-state index is -0.568. The van der Waals surface area contributed by atoms with Crippen molar-refractivity contribution in [2.45, 2.75) is 19.6 Å². The summed E-state index contributed by atoms with van der Waals surface area (Å²) >= 11 is 0. The van der Waals surface area contributed by atoms with Crippen LogP contribution >= 0.6 is 0 Å². The molecule has 3 N–H and O–H groups in total. The lowest BCUT2D eigenvalue weighted by Gasteiger charge is -2.14. The second-order valence-corrected chi connectivity index (χ2v) is 5.03. The van der Waals surface area contributed by atoms with Crippen LogP contribution < -0.4 is 10.1 Å². The Bertz CT molecular complexity index is 554. The van der Waals surface area contributed by atoms with Gasteiger partial charge in [-0.3, -0.25) is 0 Å². The summed E-state index contributed by atoms with van der Waals surface area (Å²) in [7, 11) is 0. The van der Waals surface area contributed by atoms with Crippen molar-refractivity contribution in [1.29, 1.82) is 0 Å². The van der Waals surface area contributed by atoms with Gasteiger partial charge in [0.2, 0.25) is 0 Å². The maximum Gasteiger partial charge on any atom is 0.122 e. The first kappa shape index (κ1) is 15.4. The summed E-state index contributed by atoms with van der Waals surface area (Å²) in [4.78, 5) is 0. The second kappa shape index (κ2) is 7.67. The second-order valence-electron chi connectivity index (χ2n) is 5.03. The SMILES string of the molecule is Cc1ccccc1OCC(O)CNCc1ccc(O)cc1. The van der Waals surface area contributed by atoms with Crippen molar-refractivity contribution in [3.05, 3.63) is 59.7 Å². The average Bonchev–Trinajstić information content (AvgIpc) is 2.48. The predicted molar refractivity (Wildman–Crippen MR) is 82.5 cm³/mol. The van der Waals surface area contributed by atoms with Crippen LogP contribution in [-0.4, -0.2) is 29.5 Å². The number of aromatic hydroxyl groups is 1. The molecule has 0 fully saturated rings. The third-order valence-electron chi connectivity index (χ3n) is 3.17. The fraction of sp³-hybridized carbons (Fsp3) is 0.294. The number of benzene rings is 2. The van der Waals surface area contributed by atoms with E-state index in [1.165, 1.54) is 0 Å². The lowest BCUT2D eigenvalue weighted by molar-refractivity contribution is 0.106. The maximum absolute atomic E-state index is 9.90. The third kappa shape index (κ3) is 5.10. The summed E-state index contributed by atoms with van der Waals surface area (Å²) in [6.45, 7) is 3.33. The van der Waals surface area contributed by atoms with Crippen molar-refractivity contribution < 1.29 is 14.9 Å². The van der Waals surface area contributed by atoms with Crippen molar-refractivity contribution in [3.8, 4) is 11.5 Å². The summed E-state index contributed by atoms with van der Waals surface area (Å²) in [5.74, 6) is 1.06. The van der Waals surface area contributed by atoms with Gasteiger partial charge in [-0.15, -0.1) is 0 Å². The van der Waals surface area contributed by atoms with Gasteiger partial charge >= 0.3 is 0 Å². The Morgan fingerprint density at radius 2 is 1.81 bits per heavy atom. The molecule has 4 nitrogen and oxygen atoms in total. The van der Waals surface area contributed by atoms with E-state index < -0.39 is 6.10 Å². The van der Waals surface area contributed by atoms with Gasteiger partial charge in [0.1, 0.15) is 24.2 Å². The Morgan fingerprint density at radius 3 is 2.52 bits per heavy atom. The highest BCUT2D eigenvalue weighted by molar-refractivity contribution is 5.31. The molecule has 0 aliphatic rings. The first-order chi connectivity index (χ1) is 10.1. The zero-order chi connectivity index (χ0) is 15.1.